The van der Waals surface area contributed by atoms with Crippen LogP contribution in [0.4, 0.5) is 0 Å². The molecule has 0 bridgehead atoms. The van der Waals surface area contributed by atoms with Crippen molar-refractivity contribution >= 4 is 5.91 Å². The molecule has 17 heavy (non-hydrogen) atoms. The zero-order chi connectivity index (χ0) is 12.3. The zero-order valence-electron chi connectivity index (χ0n) is 9.34. The first-order valence-corrected chi connectivity index (χ1v) is 5.12. The van der Waals surface area contributed by atoms with Gasteiger partial charge >= 0.3 is 0 Å². The van der Waals surface area contributed by atoms with Crippen LogP contribution in [-0.4, -0.2) is 22.8 Å². The molecule has 0 saturated heterocycles. The van der Waals surface area contributed by atoms with E-state index in [1.54, 1.807) is 25.6 Å². The minimum Gasteiger partial charge on any atom is -0.472 e. The number of amides is 1. The maximum absolute atomic E-state index is 12.0. The fourth-order valence-electron chi connectivity index (χ4n) is 1.52. The van der Waals surface area contributed by atoms with Crippen molar-refractivity contribution in [3.05, 3.63) is 58.4 Å². The average molecular weight is 232 g/mol. The van der Waals surface area contributed by atoms with Gasteiger partial charge in [0.15, 0.2) is 5.43 Å². The summed E-state index contributed by atoms with van der Waals surface area (Å²) in [7, 11) is 1.64. The number of hydrogen-bond acceptors (Lipinski definition) is 3. The molecule has 0 atom stereocenters. The van der Waals surface area contributed by atoms with E-state index < -0.39 is 0 Å². The van der Waals surface area contributed by atoms with Crippen molar-refractivity contribution in [2.75, 3.05) is 7.05 Å². The molecule has 1 amide bonds. The number of rotatable bonds is 3. The maximum atomic E-state index is 12.0. The van der Waals surface area contributed by atoms with E-state index in [0.29, 0.717) is 6.54 Å². The average Bonchev–Trinajstić information content (AvgIpc) is 2.81. The van der Waals surface area contributed by atoms with Crippen LogP contribution < -0.4 is 5.43 Å². The monoisotopic (exact) mass is 232 g/mol. The number of nitrogens with zero attached hydrogens (tertiary/aromatic N) is 1. The van der Waals surface area contributed by atoms with E-state index >= 15 is 0 Å². The minimum atomic E-state index is -0.312. The molecule has 0 aliphatic rings. The highest BCUT2D eigenvalue weighted by Gasteiger charge is 2.15. The second-order valence-corrected chi connectivity index (χ2v) is 3.72. The largest absolute Gasteiger partial charge is 0.472 e. The lowest BCUT2D eigenvalue weighted by molar-refractivity contribution is 0.0783. The first-order chi connectivity index (χ1) is 8.18. The van der Waals surface area contributed by atoms with Gasteiger partial charge in [0.2, 0.25) is 0 Å². The van der Waals surface area contributed by atoms with Gasteiger partial charge in [0, 0.05) is 37.6 Å². The fraction of sp³-hybridized carbons (Fsp3) is 0.167. The zero-order valence-corrected chi connectivity index (χ0v) is 9.34. The first-order valence-electron chi connectivity index (χ1n) is 5.12. The van der Waals surface area contributed by atoms with Crippen LogP contribution in [0.25, 0.3) is 0 Å². The Morgan fingerprint density at radius 2 is 2.29 bits per heavy atom. The van der Waals surface area contributed by atoms with Crippen molar-refractivity contribution in [2.24, 2.45) is 0 Å². The van der Waals surface area contributed by atoms with E-state index in [2.05, 4.69) is 4.98 Å². The molecule has 0 aromatic carbocycles. The molecule has 1 N–H and O–H groups in total. The van der Waals surface area contributed by atoms with Gasteiger partial charge in [-0.15, -0.1) is 0 Å². The van der Waals surface area contributed by atoms with Crippen molar-refractivity contribution in [2.45, 2.75) is 6.54 Å². The molecule has 2 heterocycles. The molecule has 0 aliphatic heterocycles. The lowest BCUT2D eigenvalue weighted by Gasteiger charge is -2.15. The van der Waals surface area contributed by atoms with Gasteiger partial charge in [-0.3, -0.25) is 9.59 Å². The van der Waals surface area contributed by atoms with Gasteiger partial charge < -0.3 is 14.3 Å². The smallest absolute Gasteiger partial charge is 0.259 e. The number of nitrogens with one attached hydrogen (secondary N) is 1. The van der Waals surface area contributed by atoms with Crippen molar-refractivity contribution < 1.29 is 9.21 Å². The van der Waals surface area contributed by atoms with Gasteiger partial charge in [0.05, 0.1) is 12.5 Å². The van der Waals surface area contributed by atoms with Crippen LogP contribution >= 0.6 is 0 Å². The molecule has 2 rings (SSSR count). The van der Waals surface area contributed by atoms with Gasteiger partial charge in [-0.05, 0) is 6.07 Å². The number of carbonyl (C=O) groups excluding carboxylic acids is 1. The molecule has 0 saturated carbocycles. The van der Waals surface area contributed by atoms with E-state index in [0.717, 1.165) is 5.56 Å². The Bertz CT molecular complexity index is 557. The lowest BCUT2D eigenvalue weighted by atomic mass is 10.2. The van der Waals surface area contributed by atoms with E-state index in [1.165, 1.54) is 23.4 Å². The number of aromatic nitrogens is 1. The molecule has 2 aromatic heterocycles. The van der Waals surface area contributed by atoms with Crippen LogP contribution in [0.5, 0.6) is 0 Å². The van der Waals surface area contributed by atoms with Gasteiger partial charge in [-0.1, -0.05) is 0 Å². The third-order valence-corrected chi connectivity index (χ3v) is 2.40. The predicted molar refractivity (Wildman–Crippen MR) is 61.6 cm³/mol. The summed E-state index contributed by atoms with van der Waals surface area (Å²) in [4.78, 5) is 27.6. The van der Waals surface area contributed by atoms with E-state index in [9.17, 15) is 9.59 Å². The third-order valence-electron chi connectivity index (χ3n) is 2.40. The maximum Gasteiger partial charge on any atom is 0.259 e. The molecule has 88 valence electrons. The second kappa shape index (κ2) is 4.69. The van der Waals surface area contributed by atoms with Crippen LogP contribution in [0.15, 0.2) is 46.3 Å². The van der Waals surface area contributed by atoms with Gasteiger partial charge in [0.1, 0.15) is 5.56 Å². The Morgan fingerprint density at radius 3 is 2.94 bits per heavy atom. The number of hydrogen-bond donors (Lipinski definition) is 1. The van der Waals surface area contributed by atoms with E-state index in [4.69, 9.17) is 4.42 Å². The summed E-state index contributed by atoms with van der Waals surface area (Å²) in [6, 6.07) is 3.11. The summed E-state index contributed by atoms with van der Waals surface area (Å²) < 4.78 is 4.92. The molecule has 2 aromatic rings. The van der Waals surface area contributed by atoms with Crippen LogP contribution in [-0.2, 0) is 6.54 Å². The summed E-state index contributed by atoms with van der Waals surface area (Å²) in [5.41, 5.74) is 0.736. The van der Waals surface area contributed by atoms with Crippen LogP contribution in [0.2, 0.25) is 0 Å². The third kappa shape index (κ3) is 2.44. The number of furan rings is 1. The highest BCUT2D eigenvalue weighted by Crippen LogP contribution is 2.06. The predicted octanol–water partition coefficient (Wildman–Crippen LogP) is 1.24. The van der Waals surface area contributed by atoms with Crippen LogP contribution in [0.1, 0.15) is 15.9 Å². The quantitative estimate of drug-likeness (QED) is 0.865. The highest BCUT2D eigenvalue weighted by atomic mass is 16.3. The molecule has 0 unspecified atom stereocenters. The van der Waals surface area contributed by atoms with Crippen molar-refractivity contribution in [1.29, 1.82) is 0 Å². The number of H-pyrrole nitrogens is 1. The summed E-state index contributed by atoms with van der Waals surface area (Å²) >= 11 is 0. The van der Waals surface area contributed by atoms with Crippen molar-refractivity contribution in [3.63, 3.8) is 0 Å². The summed E-state index contributed by atoms with van der Waals surface area (Å²) in [6.45, 7) is 0.406. The Kier molecular flexibility index (Phi) is 3.09. The Balaban J connectivity index is 2.15. The SMILES string of the molecule is CN(Cc1ccoc1)C(=O)c1c[nH]ccc1=O. The number of pyridine rings is 1. The van der Waals surface area contributed by atoms with Gasteiger partial charge in [-0.2, -0.15) is 0 Å². The topological polar surface area (TPSA) is 66.3 Å². The van der Waals surface area contributed by atoms with Crippen LogP contribution in [0, 0.1) is 0 Å². The Labute approximate surface area is 97.7 Å². The molecule has 5 nitrogen and oxygen atoms in total. The summed E-state index contributed by atoms with van der Waals surface area (Å²) in [6.07, 6.45) is 6.02. The number of carbonyl (C=O) groups is 1. The highest BCUT2D eigenvalue weighted by molar-refractivity contribution is 5.93. The minimum absolute atomic E-state index is 0.137. The molecular formula is C12H12N2O3. The van der Waals surface area contributed by atoms with Crippen LogP contribution in [0.3, 0.4) is 0 Å². The normalized spacial score (nSPS) is 10.2. The summed E-state index contributed by atoms with van der Waals surface area (Å²) in [5.74, 6) is -0.312. The summed E-state index contributed by atoms with van der Waals surface area (Å²) in [5, 5.41) is 0. The molecule has 0 fully saturated rings. The fourth-order valence-corrected chi connectivity index (χ4v) is 1.52. The first kappa shape index (κ1) is 11.2. The number of aromatic amines is 1. The molecule has 0 spiro atoms. The van der Waals surface area contributed by atoms with Gasteiger partial charge in [-0.25, -0.2) is 0 Å². The molecule has 0 aliphatic carbocycles. The lowest BCUT2D eigenvalue weighted by Crippen LogP contribution is -2.30. The molecular weight excluding hydrogens is 220 g/mol. The molecule has 5 heteroatoms. The Morgan fingerprint density at radius 1 is 1.47 bits per heavy atom. The van der Waals surface area contributed by atoms with E-state index in [1.807, 2.05) is 0 Å². The standard InChI is InChI=1S/C12H12N2O3/c1-14(7-9-3-5-17-8-9)12(16)10-6-13-4-2-11(10)15/h2-6,8H,7H2,1H3,(H,13,15). The van der Waals surface area contributed by atoms with Crippen molar-refractivity contribution in [3.8, 4) is 0 Å². The van der Waals surface area contributed by atoms with Crippen molar-refractivity contribution in [1.82, 2.24) is 9.88 Å². The van der Waals surface area contributed by atoms with E-state index in [-0.39, 0.29) is 16.9 Å². The Hall–Kier alpha value is -2.30. The van der Waals surface area contributed by atoms with Gasteiger partial charge in [0.25, 0.3) is 5.91 Å². The second-order valence-electron chi connectivity index (χ2n) is 3.72. The molecule has 0 radical (unpaired) electrons.